The first kappa shape index (κ1) is 19.5. The molecule has 3 aromatic rings. The van der Waals surface area contributed by atoms with Crippen molar-refractivity contribution in [2.75, 3.05) is 31.1 Å². The first-order valence-corrected chi connectivity index (χ1v) is 10.7. The Morgan fingerprint density at radius 2 is 1.84 bits per heavy atom. The first-order valence-electron chi connectivity index (χ1n) is 10.7. The van der Waals surface area contributed by atoms with Crippen molar-refractivity contribution < 1.29 is 9.42 Å². The fraction of sp³-hybridized carbons (Fsp3) is 0.391. The molecule has 1 fully saturated rings. The van der Waals surface area contributed by atoms with Crippen LogP contribution in [0.5, 0.6) is 0 Å². The molecule has 3 heterocycles. The fourth-order valence-corrected chi connectivity index (χ4v) is 4.69. The van der Waals surface area contributed by atoms with Gasteiger partial charge in [0.2, 0.25) is 0 Å². The number of aromatic nitrogens is 3. The average molecular weight is 419 g/mol. The van der Waals surface area contributed by atoms with Gasteiger partial charge in [0.15, 0.2) is 5.82 Å². The number of carbonyl (C=O) groups is 1. The van der Waals surface area contributed by atoms with Gasteiger partial charge in [-0.2, -0.15) is 0 Å². The maximum Gasteiger partial charge on any atom is 0.268 e. The zero-order valence-corrected chi connectivity index (χ0v) is 17.8. The van der Waals surface area contributed by atoms with E-state index in [-0.39, 0.29) is 17.0 Å². The van der Waals surface area contributed by atoms with Crippen molar-refractivity contribution in [1.82, 2.24) is 19.8 Å². The Labute approximate surface area is 180 Å². The SMILES string of the molecule is Cc1ccn(-c2cccc3c2CCC3)c(=O)c1C(=O)N1CCN(c2nonc2C)CC1. The molecule has 8 heteroatoms. The summed E-state index contributed by atoms with van der Waals surface area (Å²) in [7, 11) is 0. The molecule has 0 spiro atoms. The third kappa shape index (κ3) is 3.32. The van der Waals surface area contributed by atoms with Gasteiger partial charge in [-0.15, -0.1) is 0 Å². The Balaban J connectivity index is 1.43. The molecule has 160 valence electrons. The van der Waals surface area contributed by atoms with Crippen molar-refractivity contribution in [1.29, 1.82) is 0 Å². The van der Waals surface area contributed by atoms with Crippen LogP contribution in [0.4, 0.5) is 5.82 Å². The zero-order valence-electron chi connectivity index (χ0n) is 17.8. The van der Waals surface area contributed by atoms with Crippen molar-refractivity contribution in [3.63, 3.8) is 0 Å². The third-order valence-corrected chi connectivity index (χ3v) is 6.39. The molecule has 0 saturated carbocycles. The van der Waals surface area contributed by atoms with E-state index in [0.29, 0.717) is 37.6 Å². The summed E-state index contributed by atoms with van der Waals surface area (Å²) < 4.78 is 6.44. The molecule has 2 aromatic heterocycles. The van der Waals surface area contributed by atoms with Crippen LogP contribution in [0, 0.1) is 13.8 Å². The lowest BCUT2D eigenvalue weighted by Gasteiger charge is -2.34. The molecule has 8 nitrogen and oxygen atoms in total. The molecule has 1 amide bonds. The summed E-state index contributed by atoms with van der Waals surface area (Å²) in [5.74, 6) is 0.502. The predicted octanol–water partition coefficient (Wildman–Crippen LogP) is 2.29. The van der Waals surface area contributed by atoms with Crippen LogP contribution in [0.3, 0.4) is 0 Å². The van der Waals surface area contributed by atoms with Gasteiger partial charge in [0.1, 0.15) is 11.3 Å². The van der Waals surface area contributed by atoms with Crippen LogP contribution < -0.4 is 10.5 Å². The molecule has 31 heavy (non-hydrogen) atoms. The summed E-state index contributed by atoms with van der Waals surface area (Å²) >= 11 is 0. The molecule has 0 bridgehead atoms. The van der Waals surface area contributed by atoms with E-state index in [9.17, 15) is 9.59 Å². The van der Waals surface area contributed by atoms with Crippen molar-refractivity contribution in [3.05, 3.63) is 68.8 Å². The number of hydrogen-bond acceptors (Lipinski definition) is 6. The Kier molecular flexibility index (Phi) is 4.84. The fourth-order valence-electron chi connectivity index (χ4n) is 4.69. The third-order valence-electron chi connectivity index (χ3n) is 6.39. The van der Waals surface area contributed by atoms with E-state index in [1.807, 2.05) is 32.0 Å². The molecule has 5 rings (SSSR count). The van der Waals surface area contributed by atoms with E-state index >= 15 is 0 Å². The molecule has 2 aliphatic rings. The van der Waals surface area contributed by atoms with E-state index in [1.165, 1.54) is 11.1 Å². The first-order chi connectivity index (χ1) is 15.0. The zero-order chi connectivity index (χ0) is 21.5. The number of hydrogen-bond donors (Lipinski definition) is 0. The van der Waals surface area contributed by atoms with Crippen LogP contribution in [-0.4, -0.2) is 51.9 Å². The number of aryl methyl sites for hydroxylation is 3. The molecule has 1 aliphatic heterocycles. The Morgan fingerprint density at radius 1 is 1.03 bits per heavy atom. The summed E-state index contributed by atoms with van der Waals surface area (Å²) in [6.45, 7) is 5.94. The number of anilines is 1. The van der Waals surface area contributed by atoms with Crippen LogP contribution in [-0.2, 0) is 12.8 Å². The van der Waals surface area contributed by atoms with Gasteiger partial charge in [0.25, 0.3) is 11.5 Å². The highest BCUT2D eigenvalue weighted by Gasteiger charge is 2.28. The molecule has 0 N–H and O–H groups in total. The van der Waals surface area contributed by atoms with Gasteiger partial charge in [0, 0.05) is 32.4 Å². The number of fused-ring (bicyclic) bond motifs is 1. The van der Waals surface area contributed by atoms with Crippen LogP contribution in [0.2, 0.25) is 0 Å². The van der Waals surface area contributed by atoms with Crippen molar-refractivity contribution in [2.45, 2.75) is 33.1 Å². The van der Waals surface area contributed by atoms with Gasteiger partial charge in [-0.25, -0.2) is 4.63 Å². The minimum atomic E-state index is -0.246. The summed E-state index contributed by atoms with van der Waals surface area (Å²) in [5, 5.41) is 7.78. The number of nitrogens with zero attached hydrogens (tertiary/aromatic N) is 5. The van der Waals surface area contributed by atoms with Crippen LogP contribution in [0.25, 0.3) is 5.69 Å². The van der Waals surface area contributed by atoms with Crippen molar-refractivity contribution in [3.8, 4) is 5.69 Å². The molecular weight excluding hydrogens is 394 g/mol. The second-order valence-corrected chi connectivity index (χ2v) is 8.27. The molecular formula is C23H25N5O3. The highest BCUT2D eigenvalue weighted by atomic mass is 16.6. The average Bonchev–Trinajstić information content (AvgIpc) is 3.43. The van der Waals surface area contributed by atoms with Gasteiger partial charge < -0.3 is 9.80 Å². The van der Waals surface area contributed by atoms with Gasteiger partial charge >= 0.3 is 0 Å². The van der Waals surface area contributed by atoms with Crippen LogP contribution >= 0.6 is 0 Å². The van der Waals surface area contributed by atoms with Gasteiger partial charge in [0.05, 0.1) is 5.69 Å². The number of amides is 1. The van der Waals surface area contributed by atoms with E-state index in [2.05, 4.69) is 21.3 Å². The molecule has 1 saturated heterocycles. The topological polar surface area (TPSA) is 84.5 Å². The number of benzene rings is 1. The van der Waals surface area contributed by atoms with E-state index in [4.69, 9.17) is 4.63 Å². The minimum absolute atomic E-state index is 0.209. The lowest BCUT2D eigenvalue weighted by molar-refractivity contribution is 0.0743. The van der Waals surface area contributed by atoms with E-state index in [0.717, 1.165) is 30.6 Å². The molecule has 0 atom stereocenters. The maximum atomic E-state index is 13.4. The van der Waals surface area contributed by atoms with E-state index < -0.39 is 0 Å². The lowest BCUT2D eigenvalue weighted by atomic mass is 10.1. The van der Waals surface area contributed by atoms with Crippen LogP contribution in [0.15, 0.2) is 39.9 Å². The summed E-state index contributed by atoms with van der Waals surface area (Å²) in [6.07, 6.45) is 4.90. The standard InChI is InChI=1S/C23H25N5O3/c1-15-9-10-28(19-8-4-6-17-5-3-7-18(17)19)23(30)20(15)22(29)27-13-11-26(12-14-27)21-16(2)24-31-25-21/h4,6,8-10H,3,5,7,11-14H2,1-2H3. The van der Waals surface area contributed by atoms with Gasteiger partial charge in [-0.3, -0.25) is 14.2 Å². The van der Waals surface area contributed by atoms with Gasteiger partial charge in [-0.1, -0.05) is 17.3 Å². The summed E-state index contributed by atoms with van der Waals surface area (Å²) in [4.78, 5) is 30.6. The second kappa shape index (κ2) is 7.68. The van der Waals surface area contributed by atoms with Crippen molar-refractivity contribution in [2.24, 2.45) is 0 Å². The predicted molar refractivity (Wildman–Crippen MR) is 116 cm³/mol. The molecule has 0 radical (unpaired) electrons. The Hall–Kier alpha value is -3.42. The monoisotopic (exact) mass is 419 g/mol. The number of carbonyl (C=O) groups excluding carboxylic acids is 1. The highest BCUT2D eigenvalue weighted by molar-refractivity contribution is 5.95. The highest BCUT2D eigenvalue weighted by Crippen LogP contribution is 2.27. The number of piperazine rings is 1. The van der Waals surface area contributed by atoms with Crippen LogP contribution in [0.1, 0.15) is 39.2 Å². The van der Waals surface area contributed by atoms with Crippen molar-refractivity contribution >= 4 is 11.7 Å². The number of rotatable bonds is 3. The van der Waals surface area contributed by atoms with E-state index in [1.54, 1.807) is 15.7 Å². The Morgan fingerprint density at radius 3 is 2.58 bits per heavy atom. The largest absolute Gasteiger partial charge is 0.349 e. The Bertz CT molecular complexity index is 1200. The smallest absolute Gasteiger partial charge is 0.268 e. The lowest BCUT2D eigenvalue weighted by Crippen LogP contribution is -2.50. The summed E-state index contributed by atoms with van der Waals surface area (Å²) in [5.41, 5.74) is 4.86. The molecule has 1 aliphatic carbocycles. The second-order valence-electron chi connectivity index (χ2n) is 8.27. The maximum absolute atomic E-state index is 13.4. The quantitative estimate of drug-likeness (QED) is 0.648. The normalized spacial score (nSPS) is 15.9. The molecule has 0 unspecified atom stereocenters. The van der Waals surface area contributed by atoms with Gasteiger partial charge in [-0.05, 0) is 67.1 Å². The number of pyridine rings is 1. The summed E-state index contributed by atoms with van der Waals surface area (Å²) in [6, 6.07) is 7.96. The minimum Gasteiger partial charge on any atom is -0.349 e. The molecule has 1 aromatic carbocycles.